The zero-order valence-corrected chi connectivity index (χ0v) is 18.6. The maximum absolute atomic E-state index is 12.5. The van der Waals surface area contributed by atoms with Crippen LogP contribution in [0.4, 0.5) is 11.4 Å². The molecule has 0 saturated carbocycles. The molecule has 162 valence electrons. The van der Waals surface area contributed by atoms with Gasteiger partial charge in [-0.3, -0.25) is 14.9 Å². The molecule has 0 radical (unpaired) electrons. The van der Waals surface area contributed by atoms with Crippen molar-refractivity contribution in [1.82, 2.24) is 5.32 Å². The third-order valence-electron chi connectivity index (χ3n) is 4.31. The van der Waals surface area contributed by atoms with Gasteiger partial charge in [-0.05, 0) is 36.2 Å². The highest BCUT2D eigenvalue weighted by Crippen LogP contribution is 2.33. The topological polar surface area (TPSA) is 112 Å². The van der Waals surface area contributed by atoms with Crippen LogP contribution in [0.5, 0.6) is 11.5 Å². The summed E-state index contributed by atoms with van der Waals surface area (Å²) in [6.07, 6.45) is 0.533. The Morgan fingerprint density at radius 1 is 1.10 bits per heavy atom. The monoisotopic (exact) mass is 481 g/mol. The third-order valence-corrected chi connectivity index (χ3v) is 5.05. The van der Waals surface area contributed by atoms with Gasteiger partial charge in [0, 0.05) is 36.3 Å². The van der Waals surface area contributed by atoms with Crippen LogP contribution in [0.15, 0.2) is 34.8 Å². The lowest BCUT2D eigenvalue weighted by molar-refractivity contribution is -0.384. The number of amides is 1. The van der Waals surface area contributed by atoms with Gasteiger partial charge in [-0.2, -0.15) is 0 Å². The molecule has 0 aliphatic rings. The van der Waals surface area contributed by atoms with Crippen molar-refractivity contribution in [3.05, 3.63) is 56.0 Å². The van der Waals surface area contributed by atoms with E-state index in [1.54, 1.807) is 33.5 Å². The molecule has 2 aromatic carbocycles. The molecule has 2 aromatic rings. The molecule has 0 atom stereocenters. The van der Waals surface area contributed by atoms with Crippen LogP contribution >= 0.6 is 15.9 Å². The first-order valence-corrected chi connectivity index (χ1v) is 9.90. The Hall–Kier alpha value is -2.85. The van der Waals surface area contributed by atoms with Crippen LogP contribution in [0.25, 0.3) is 0 Å². The Morgan fingerprint density at radius 2 is 1.80 bits per heavy atom. The Balaban J connectivity index is 2.04. The summed E-state index contributed by atoms with van der Waals surface area (Å²) >= 11 is 3.48. The van der Waals surface area contributed by atoms with Crippen LogP contribution in [0.3, 0.4) is 0 Å². The summed E-state index contributed by atoms with van der Waals surface area (Å²) < 4.78 is 16.3. The predicted octanol–water partition coefficient (Wildman–Crippen LogP) is 3.41. The molecule has 9 nitrogen and oxygen atoms in total. The smallest absolute Gasteiger partial charge is 0.293 e. The Kier molecular flexibility index (Phi) is 8.88. The van der Waals surface area contributed by atoms with Gasteiger partial charge in [0.05, 0.1) is 25.7 Å². The van der Waals surface area contributed by atoms with Gasteiger partial charge in [0.2, 0.25) is 0 Å². The van der Waals surface area contributed by atoms with Crippen molar-refractivity contribution >= 4 is 33.2 Å². The highest BCUT2D eigenvalue weighted by Gasteiger charge is 2.17. The number of hydrogen-bond acceptors (Lipinski definition) is 7. The van der Waals surface area contributed by atoms with Crippen molar-refractivity contribution in [3.63, 3.8) is 0 Å². The van der Waals surface area contributed by atoms with Gasteiger partial charge in [-0.15, -0.1) is 0 Å². The fourth-order valence-corrected chi connectivity index (χ4v) is 3.28. The molecule has 0 aliphatic heterocycles. The van der Waals surface area contributed by atoms with Gasteiger partial charge in [0.25, 0.3) is 11.6 Å². The van der Waals surface area contributed by atoms with Gasteiger partial charge in [0.1, 0.15) is 5.69 Å². The second-order valence-electron chi connectivity index (χ2n) is 6.21. The first-order valence-electron chi connectivity index (χ1n) is 9.11. The number of methoxy groups -OCH3 is 3. The summed E-state index contributed by atoms with van der Waals surface area (Å²) in [6, 6.07) is 7.96. The van der Waals surface area contributed by atoms with Crippen LogP contribution in [-0.2, 0) is 11.2 Å². The molecule has 0 bridgehead atoms. The van der Waals surface area contributed by atoms with E-state index in [1.807, 2.05) is 6.07 Å². The summed E-state index contributed by atoms with van der Waals surface area (Å²) in [5, 5.41) is 17.1. The standard InChI is InChI=1S/C20H24BrN3O6/c1-28-9-8-22-16-5-4-14(10-17(16)24(26)27)20(25)23-7-6-13-11-18(29-2)19(30-3)12-15(13)21/h4-5,10-12,22H,6-9H2,1-3H3,(H,23,25). The second-order valence-corrected chi connectivity index (χ2v) is 7.07. The number of carbonyl (C=O) groups is 1. The van der Waals surface area contributed by atoms with Gasteiger partial charge >= 0.3 is 0 Å². The van der Waals surface area contributed by atoms with Crippen molar-refractivity contribution < 1.29 is 23.9 Å². The van der Waals surface area contributed by atoms with Gasteiger partial charge in [-0.1, -0.05) is 15.9 Å². The second kappa shape index (κ2) is 11.4. The average Bonchev–Trinajstić information content (AvgIpc) is 2.74. The number of halogens is 1. The first-order chi connectivity index (χ1) is 14.4. The van der Waals surface area contributed by atoms with Gasteiger partial charge < -0.3 is 24.8 Å². The number of ether oxygens (including phenoxy) is 3. The normalized spacial score (nSPS) is 10.4. The summed E-state index contributed by atoms with van der Waals surface area (Å²) in [5.74, 6) is 0.802. The number of nitrogens with zero attached hydrogens (tertiary/aromatic N) is 1. The summed E-state index contributed by atoms with van der Waals surface area (Å²) in [5.41, 5.74) is 1.31. The summed E-state index contributed by atoms with van der Waals surface area (Å²) in [4.78, 5) is 23.3. The maximum atomic E-state index is 12.5. The van der Waals surface area contributed by atoms with Crippen LogP contribution < -0.4 is 20.1 Å². The average molecular weight is 482 g/mol. The highest BCUT2D eigenvalue weighted by molar-refractivity contribution is 9.10. The summed E-state index contributed by atoms with van der Waals surface area (Å²) in [6.45, 7) is 1.17. The molecule has 0 heterocycles. The molecule has 0 fully saturated rings. The van der Waals surface area contributed by atoms with Crippen LogP contribution in [0.1, 0.15) is 15.9 Å². The predicted molar refractivity (Wildman–Crippen MR) is 117 cm³/mol. The largest absolute Gasteiger partial charge is 0.493 e. The number of nitro benzene ring substituents is 1. The molecule has 2 rings (SSSR count). The minimum atomic E-state index is -0.521. The van der Waals surface area contributed by atoms with Gasteiger partial charge in [0.15, 0.2) is 11.5 Å². The molecular formula is C20H24BrN3O6. The molecule has 0 unspecified atom stereocenters. The van der Waals surface area contributed by atoms with Crippen molar-refractivity contribution in [1.29, 1.82) is 0 Å². The zero-order valence-electron chi connectivity index (χ0n) is 17.0. The lowest BCUT2D eigenvalue weighted by atomic mass is 10.1. The number of carbonyl (C=O) groups excluding carboxylic acids is 1. The molecule has 10 heteroatoms. The van der Waals surface area contributed by atoms with Crippen molar-refractivity contribution in [3.8, 4) is 11.5 Å². The zero-order chi connectivity index (χ0) is 22.1. The van der Waals surface area contributed by atoms with E-state index in [-0.39, 0.29) is 11.3 Å². The lowest BCUT2D eigenvalue weighted by Gasteiger charge is -2.12. The number of anilines is 1. The summed E-state index contributed by atoms with van der Waals surface area (Å²) in [7, 11) is 4.66. The molecule has 0 aromatic heterocycles. The lowest BCUT2D eigenvalue weighted by Crippen LogP contribution is -2.26. The molecule has 30 heavy (non-hydrogen) atoms. The van der Waals surface area contributed by atoms with E-state index in [1.165, 1.54) is 12.1 Å². The van der Waals surface area contributed by atoms with E-state index in [0.29, 0.717) is 43.3 Å². The third kappa shape index (κ3) is 6.07. The van der Waals surface area contributed by atoms with Crippen molar-refractivity contribution in [2.24, 2.45) is 0 Å². The Labute approximate surface area is 183 Å². The SMILES string of the molecule is COCCNc1ccc(C(=O)NCCc2cc(OC)c(OC)cc2Br)cc1[N+](=O)[O-]. The molecule has 0 spiro atoms. The highest BCUT2D eigenvalue weighted by atomic mass is 79.9. The maximum Gasteiger partial charge on any atom is 0.293 e. The quantitative estimate of drug-likeness (QED) is 0.287. The van der Waals surface area contributed by atoms with E-state index in [0.717, 1.165) is 10.0 Å². The van der Waals surface area contributed by atoms with E-state index in [9.17, 15) is 14.9 Å². The van der Waals surface area contributed by atoms with E-state index < -0.39 is 10.8 Å². The molecule has 0 saturated heterocycles. The van der Waals surface area contributed by atoms with E-state index in [4.69, 9.17) is 14.2 Å². The van der Waals surface area contributed by atoms with E-state index in [2.05, 4.69) is 26.6 Å². The first kappa shape index (κ1) is 23.4. The fourth-order valence-electron chi connectivity index (χ4n) is 2.76. The van der Waals surface area contributed by atoms with Crippen molar-refractivity contribution in [2.75, 3.05) is 46.3 Å². The number of hydrogen-bond donors (Lipinski definition) is 2. The molecular weight excluding hydrogens is 458 g/mol. The fraction of sp³-hybridized carbons (Fsp3) is 0.350. The van der Waals surface area contributed by atoms with Crippen LogP contribution in [-0.4, -0.2) is 51.9 Å². The van der Waals surface area contributed by atoms with E-state index >= 15 is 0 Å². The number of nitro groups is 1. The van der Waals surface area contributed by atoms with Crippen LogP contribution in [0, 0.1) is 10.1 Å². The minimum absolute atomic E-state index is 0.165. The molecule has 1 amide bonds. The minimum Gasteiger partial charge on any atom is -0.493 e. The molecule has 2 N–H and O–H groups in total. The van der Waals surface area contributed by atoms with Gasteiger partial charge in [-0.25, -0.2) is 0 Å². The van der Waals surface area contributed by atoms with Crippen LogP contribution in [0.2, 0.25) is 0 Å². The Morgan fingerprint density at radius 3 is 2.43 bits per heavy atom. The number of rotatable bonds is 11. The molecule has 0 aliphatic carbocycles. The Bertz CT molecular complexity index is 906. The number of nitrogens with one attached hydrogen (secondary N) is 2. The van der Waals surface area contributed by atoms with Crippen molar-refractivity contribution in [2.45, 2.75) is 6.42 Å². The number of benzene rings is 2.